The summed E-state index contributed by atoms with van der Waals surface area (Å²) in [5.41, 5.74) is 3.07. The lowest BCUT2D eigenvalue weighted by molar-refractivity contribution is -0.119. The van der Waals surface area contributed by atoms with Gasteiger partial charge in [0, 0.05) is 29.0 Å². The summed E-state index contributed by atoms with van der Waals surface area (Å²) in [5, 5.41) is 14.3. The second-order valence-corrected chi connectivity index (χ2v) is 13.9. The van der Waals surface area contributed by atoms with Crippen LogP contribution in [0.2, 0.25) is 11.1 Å². The molecule has 2 aromatic heterocycles. The average Bonchev–Trinajstić information content (AvgIpc) is 3.50. The molecule has 3 aromatic rings. The number of nitriles is 1. The van der Waals surface area contributed by atoms with E-state index in [1.165, 1.54) is 0 Å². The summed E-state index contributed by atoms with van der Waals surface area (Å²) in [6, 6.07) is 5.80. The molecule has 1 atom stereocenters. The van der Waals surface area contributed by atoms with Crippen LogP contribution in [0.3, 0.4) is 0 Å². The fraction of sp³-hybridized carbons (Fsp3) is 0.500. The van der Waals surface area contributed by atoms with Crippen LogP contribution in [0.5, 0.6) is 11.6 Å². The van der Waals surface area contributed by atoms with Gasteiger partial charge in [-0.15, -0.1) is 0 Å². The van der Waals surface area contributed by atoms with E-state index in [1.807, 2.05) is 13.8 Å². The topological polar surface area (TPSA) is 122 Å². The van der Waals surface area contributed by atoms with E-state index in [2.05, 4.69) is 54.0 Å². The summed E-state index contributed by atoms with van der Waals surface area (Å²) in [7, 11) is -0.964. The van der Waals surface area contributed by atoms with Crippen molar-refractivity contribution in [3.8, 4) is 29.1 Å². The second kappa shape index (κ2) is 12.0. The first-order valence-corrected chi connectivity index (χ1v) is 14.7. The summed E-state index contributed by atoms with van der Waals surface area (Å²) in [6.45, 7) is 13.4. The van der Waals surface area contributed by atoms with Gasteiger partial charge in [-0.25, -0.2) is 9.97 Å². The van der Waals surface area contributed by atoms with Crippen LogP contribution in [0, 0.1) is 11.3 Å². The highest BCUT2D eigenvalue weighted by atomic mass is 28.3. The van der Waals surface area contributed by atoms with Gasteiger partial charge in [-0.3, -0.25) is 4.79 Å². The normalized spacial score (nSPS) is 15.6. The Morgan fingerprint density at radius 2 is 1.87 bits per heavy atom. The van der Waals surface area contributed by atoms with E-state index in [4.69, 9.17) is 13.9 Å². The number of carbonyl (C=O) groups is 1. The minimum atomic E-state index is -0.964. The van der Waals surface area contributed by atoms with Crippen molar-refractivity contribution in [2.45, 2.75) is 84.2 Å². The van der Waals surface area contributed by atoms with E-state index in [9.17, 15) is 10.1 Å². The van der Waals surface area contributed by atoms with Crippen LogP contribution >= 0.6 is 0 Å². The number of nitrogens with zero attached hydrogens (tertiary/aromatic N) is 3. The Morgan fingerprint density at radius 1 is 1.11 bits per heavy atom. The van der Waals surface area contributed by atoms with Gasteiger partial charge < -0.3 is 24.2 Å². The zero-order valence-electron chi connectivity index (χ0n) is 22.9. The fourth-order valence-electron chi connectivity index (χ4n) is 4.70. The highest BCUT2D eigenvalue weighted by Crippen LogP contribution is 2.36. The number of fused-ring (bicyclic) bond motifs is 1. The average molecular weight is 535 g/mol. The Balaban J connectivity index is 1.68. The molecule has 0 spiro atoms. The van der Waals surface area contributed by atoms with Crippen molar-refractivity contribution in [1.82, 2.24) is 20.3 Å². The lowest BCUT2D eigenvalue weighted by Crippen LogP contribution is -2.31. The molecule has 1 saturated heterocycles. The first-order valence-electron chi connectivity index (χ1n) is 13.2. The monoisotopic (exact) mass is 534 g/mol. The molecule has 1 aliphatic heterocycles. The van der Waals surface area contributed by atoms with Crippen LogP contribution in [0.4, 0.5) is 0 Å². The molecule has 201 valence electrons. The number of benzene rings is 1. The molecule has 0 saturated carbocycles. The molecule has 0 aliphatic carbocycles. The van der Waals surface area contributed by atoms with E-state index >= 15 is 0 Å². The van der Waals surface area contributed by atoms with E-state index < -0.39 is 9.04 Å². The molecule has 1 amide bonds. The van der Waals surface area contributed by atoms with Crippen LogP contribution in [-0.2, 0) is 15.8 Å². The molecule has 38 heavy (non-hydrogen) atoms. The van der Waals surface area contributed by atoms with Crippen molar-refractivity contribution in [2.75, 3.05) is 6.61 Å². The lowest BCUT2D eigenvalue weighted by Gasteiger charge is -2.21. The van der Waals surface area contributed by atoms with Gasteiger partial charge in [0.25, 0.3) is 0 Å². The number of H-pyrrole nitrogens is 1. The quantitative estimate of drug-likeness (QED) is 0.321. The molecule has 0 bridgehead atoms. The minimum Gasteiger partial charge on any atom is -0.490 e. The van der Waals surface area contributed by atoms with Gasteiger partial charge in [-0.2, -0.15) is 5.26 Å². The lowest BCUT2D eigenvalue weighted by atomic mass is 10.0. The zero-order valence-corrected chi connectivity index (χ0v) is 23.9. The number of amides is 1. The molecular weight excluding hydrogens is 498 g/mol. The number of aromatic nitrogens is 3. The van der Waals surface area contributed by atoms with Gasteiger partial charge >= 0.3 is 0 Å². The predicted molar refractivity (Wildman–Crippen MR) is 147 cm³/mol. The van der Waals surface area contributed by atoms with Crippen LogP contribution in [-0.4, -0.2) is 48.7 Å². The highest BCUT2D eigenvalue weighted by molar-refractivity contribution is 6.54. The Labute approximate surface area is 225 Å². The molecule has 0 unspecified atom stereocenters. The smallest absolute Gasteiger partial charge is 0.221 e. The largest absolute Gasteiger partial charge is 0.490 e. The minimum absolute atomic E-state index is 0.0331. The summed E-state index contributed by atoms with van der Waals surface area (Å²) < 4.78 is 18.3. The standard InChI is InChI=1S/C28H36N5O4Si/c1-16(2)37-25-10-23-22(9-19(25)11-29)24(13-31-28(23)35-14-20-7-8-26(34)32-20)27-30-12-21(33-27)15-36-38(17(3)4)18(5)6/h9-10,12-13,16-18,20H,7-8,14-15H2,1-6H3,(H,30,33)(H,32,34)/t20-/m0/s1. The van der Waals surface area contributed by atoms with Gasteiger partial charge in [0.15, 0.2) is 0 Å². The third-order valence-electron chi connectivity index (χ3n) is 6.36. The second-order valence-electron chi connectivity index (χ2n) is 10.5. The van der Waals surface area contributed by atoms with Crippen molar-refractivity contribution >= 4 is 25.7 Å². The maximum absolute atomic E-state index is 11.6. The van der Waals surface area contributed by atoms with Crippen LogP contribution in [0.25, 0.3) is 22.2 Å². The number of pyridine rings is 1. The molecule has 1 aliphatic rings. The van der Waals surface area contributed by atoms with E-state index in [0.717, 1.165) is 23.1 Å². The summed E-state index contributed by atoms with van der Waals surface area (Å²) in [4.78, 5) is 24.2. The fourth-order valence-corrected chi connectivity index (χ4v) is 7.02. The third kappa shape index (κ3) is 6.34. The number of aromatic amines is 1. The summed E-state index contributed by atoms with van der Waals surface area (Å²) in [5.74, 6) is 1.56. The van der Waals surface area contributed by atoms with Crippen LogP contribution in [0.15, 0.2) is 24.5 Å². The molecule has 1 fully saturated rings. The molecule has 1 radical (unpaired) electrons. The van der Waals surface area contributed by atoms with Crippen molar-refractivity contribution < 1.29 is 18.7 Å². The number of imidazole rings is 1. The number of carbonyl (C=O) groups excluding carboxylic acids is 1. The van der Waals surface area contributed by atoms with Crippen LogP contribution in [0.1, 0.15) is 65.6 Å². The maximum atomic E-state index is 11.6. The van der Waals surface area contributed by atoms with E-state index in [1.54, 1.807) is 24.5 Å². The molecule has 2 N–H and O–H groups in total. The molecule has 9 nitrogen and oxygen atoms in total. The van der Waals surface area contributed by atoms with Crippen molar-refractivity contribution in [3.63, 3.8) is 0 Å². The Hall–Kier alpha value is -3.42. The number of rotatable bonds is 11. The van der Waals surface area contributed by atoms with Crippen molar-refractivity contribution in [1.29, 1.82) is 5.26 Å². The molecule has 4 rings (SSSR count). The molecule has 1 aromatic carbocycles. The molecular formula is C28H36N5O4Si. The molecule has 3 heterocycles. The number of ether oxygens (including phenoxy) is 2. The number of nitrogens with one attached hydrogen (secondary N) is 2. The highest BCUT2D eigenvalue weighted by Gasteiger charge is 2.24. The van der Waals surface area contributed by atoms with Gasteiger partial charge in [-0.1, -0.05) is 27.7 Å². The first-order chi connectivity index (χ1) is 18.2. The summed E-state index contributed by atoms with van der Waals surface area (Å²) >= 11 is 0. The Morgan fingerprint density at radius 3 is 2.50 bits per heavy atom. The summed E-state index contributed by atoms with van der Waals surface area (Å²) in [6.07, 6.45) is 4.61. The van der Waals surface area contributed by atoms with Crippen molar-refractivity contribution in [2.24, 2.45) is 0 Å². The third-order valence-corrected chi connectivity index (χ3v) is 9.11. The van der Waals surface area contributed by atoms with Gasteiger partial charge in [0.2, 0.25) is 20.8 Å². The van der Waals surface area contributed by atoms with Crippen molar-refractivity contribution in [3.05, 3.63) is 35.8 Å². The Kier molecular flexibility index (Phi) is 8.69. The van der Waals surface area contributed by atoms with Gasteiger partial charge in [-0.05, 0) is 43.5 Å². The van der Waals surface area contributed by atoms with Gasteiger partial charge in [0.1, 0.15) is 24.3 Å². The first kappa shape index (κ1) is 27.6. The molecule has 10 heteroatoms. The number of hydrogen-bond acceptors (Lipinski definition) is 7. The Bertz CT molecular complexity index is 1320. The zero-order chi connectivity index (χ0) is 27.4. The predicted octanol–water partition coefficient (Wildman–Crippen LogP) is 5.27. The SMILES string of the molecule is CC(C)Oc1cc2c(OC[C@@H]3CCC(=O)N3)ncc(-c3ncc(CO[Si](C(C)C)C(C)C)[nH]3)c2cc1C#N. The van der Waals surface area contributed by atoms with E-state index in [0.29, 0.717) is 59.1 Å². The van der Waals surface area contributed by atoms with Crippen LogP contribution < -0.4 is 14.8 Å². The van der Waals surface area contributed by atoms with E-state index in [-0.39, 0.29) is 18.1 Å². The maximum Gasteiger partial charge on any atom is 0.221 e. The van der Waals surface area contributed by atoms with Gasteiger partial charge in [0.05, 0.1) is 36.2 Å². The number of hydrogen-bond donors (Lipinski definition) is 2.